The van der Waals surface area contributed by atoms with Crippen molar-refractivity contribution in [3.05, 3.63) is 47.4 Å². The number of hydrogen-bond donors (Lipinski definition) is 1. The van der Waals surface area contributed by atoms with E-state index in [2.05, 4.69) is 4.72 Å². The molecule has 0 fully saturated rings. The number of anilines is 1. The Balaban J connectivity index is 2.01. The molecule has 3 rings (SSSR count). The third kappa shape index (κ3) is 3.20. The van der Waals surface area contributed by atoms with Crippen LogP contribution in [-0.4, -0.2) is 31.1 Å². The van der Waals surface area contributed by atoms with Gasteiger partial charge in [-0.25, -0.2) is 16.8 Å². The third-order valence-electron chi connectivity index (χ3n) is 3.66. The molecule has 0 radical (unpaired) electrons. The van der Waals surface area contributed by atoms with Crippen molar-refractivity contribution in [1.29, 1.82) is 0 Å². The first kappa shape index (κ1) is 17.3. The lowest BCUT2D eigenvalue weighted by atomic mass is 10.2. The van der Waals surface area contributed by atoms with Crippen LogP contribution in [0.25, 0.3) is 6.08 Å². The van der Waals surface area contributed by atoms with E-state index >= 15 is 0 Å². The van der Waals surface area contributed by atoms with Gasteiger partial charge in [-0.05, 0) is 35.9 Å². The summed E-state index contributed by atoms with van der Waals surface area (Å²) >= 11 is 0. The summed E-state index contributed by atoms with van der Waals surface area (Å²) in [5.41, 5.74) is 0.651. The summed E-state index contributed by atoms with van der Waals surface area (Å²) in [7, 11) is -4.77. The highest BCUT2D eigenvalue weighted by Crippen LogP contribution is 2.32. The van der Waals surface area contributed by atoms with Crippen molar-refractivity contribution in [2.24, 2.45) is 0 Å². The van der Waals surface area contributed by atoms with Crippen LogP contribution in [0.1, 0.15) is 5.56 Å². The molecule has 1 aliphatic heterocycles. The average Bonchev–Trinajstić information content (AvgIpc) is 2.89. The molecular formula is C16H15NO6S2. The Bertz CT molecular complexity index is 1070. The molecule has 0 atom stereocenters. The summed E-state index contributed by atoms with van der Waals surface area (Å²) in [6.45, 7) is 0. The van der Waals surface area contributed by atoms with Crippen LogP contribution >= 0.6 is 0 Å². The summed E-state index contributed by atoms with van der Waals surface area (Å²) in [4.78, 5) is -0.0545. The normalized spacial score (nSPS) is 14.8. The minimum absolute atomic E-state index is 0.0605. The summed E-state index contributed by atoms with van der Waals surface area (Å²) in [5, 5.41) is 1.08. The molecule has 0 unspecified atom stereocenters. The predicted molar refractivity (Wildman–Crippen MR) is 93.0 cm³/mol. The van der Waals surface area contributed by atoms with E-state index in [-0.39, 0.29) is 21.2 Å². The van der Waals surface area contributed by atoms with E-state index in [1.165, 1.54) is 50.6 Å². The number of methoxy groups -OCH3 is 2. The van der Waals surface area contributed by atoms with Gasteiger partial charge in [-0.3, -0.25) is 4.72 Å². The molecule has 1 aliphatic rings. The lowest BCUT2D eigenvalue weighted by Crippen LogP contribution is -2.14. The maximum absolute atomic E-state index is 12.7. The van der Waals surface area contributed by atoms with Gasteiger partial charge in [0.1, 0.15) is 16.4 Å². The minimum atomic E-state index is -4.01. The average molecular weight is 381 g/mol. The van der Waals surface area contributed by atoms with E-state index in [1.54, 1.807) is 6.07 Å². The highest BCUT2D eigenvalue weighted by molar-refractivity contribution is 7.95. The van der Waals surface area contributed by atoms with Crippen molar-refractivity contribution in [1.82, 2.24) is 0 Å². The van der Waals surface area contributed by atoms with Crippen LogP contribution in [0.4, 0.5) is 5.69 Å². The van der Waals surface area contributed by atoms with Crippen molar-refractivity contribution in [3.63, 3.8) is 0 Å². The number of fused-ring (bicyclic) bond motifs is 1. The van der Waals surface area contributed by atoms with E-state index in [1.807, 2.05) is 0 Å². The molecule has 7 nitrogen and oxygen atoms in total. The molecule has 0 amide bonds. The standard InChI is InChI=1S/C16H15NO6S2/c1-22-13-5-6-14(23-2)16(10-13)25(20,21)17-12-4-3-11-7-8-24(18,19)15(11)9-12/h3-10,17H,1-2H3. The second-order valence-electron chi connectivity index (χ2n) is 5.22. The molecule has 9 heteroatoms. The predicted octanol–water partition coefficient (Wildman–Crippen LogP) is 2.26. The Hall–Kier alpha value is -2.52. The zero-order chi connectivity index (χ0) is 18.2. The molecule has 132 valence electrons. The fourth-order valence-electron chi connectivity index (χ4n) is 2.42. The molecule has 1 N–H and O–H groups in total. The van der Waals surface area contributed by atoms with E-state index in [9.17, 15) is 16.8 Å². The zero-order valence-electron chi connectivity index (χ0n) is 13.4. The maximum Gasteiger partial charge on any atom is 0.265 e. The molecule has 0 spiro atoms. The Morgan fingerprint density at radius 1 is 1.00 bits per heavy atom. The van der Waals surface area contributed by atoms with Gasteiger partial charge < -0.3 is 9.47 Å². The Labute approximate surface area is 145 Å². The molecule has 0 saturated heterocycles. The van der Waals surface area contributed by atoms with Crippen LogP contribution in [-0.2, 0) is 19.9 Å². The summed E-state index contributed by atoms with van der Waals surface area (Å²) in [6, 6.07) is 8.70. The van der Waals surface area contributed by atoms with Gasteiger partial charge in [0.15, 0.2) is 0 Å². The number of hydrogen-bond acceptors (Lipinski definition) is 6. The molecule has 0 aliphatic carbocycles. The zero-order valence-corrected chi connectivity index (χ0v) is 15.0. The first-order valence-corrected chi connectivity index (χ1v) is 10.1. The topological polar surface area (TPSA) is 98.8 Å². The second-order valence-corrected chi connectivity index (χ2v) is 8.68. The summed E-state index contributed by atoms with van der Waals surface area (Å²) in [6.07, 6.45) is 1.47. The fraction of sp³-hybridized carbons (Fsp3) is 0.125. The molecule has 0 saturated carbocycles. The monoisotopic (exact) mass is 381 g/mol. The highest BCUT2D eigenvalue weighted by atomic mass is 32.2. The molecule has 1 heterocycles. The lowest BCUT2D eigenvalue weighted by Gasteiger charge is -2.13. The number of ether oxygens (including phenoxy) is 2. The van der Waals surface area contributed by atoms with E-state index in [0.29, 0.717) is 11.3 Å². The Morgan fingerprint density at radius 2 is 1.76 bits per heavy atom. The fourth-order valence-corrected chi connectivity index (χ4v) is 4.89. The Kier molecular flexibility index (Phi) is 4.21. The maximum atomic E-state index is 12.7. The number of benzene rings is 2. The molecule has 2 aromatic rings. The minimum Gasteiger partial charge on any atom is -0.497 e. The van der Waals surface area contributed by atoms with Gasteiger partial charge in [-0.15, -0.1) is 0 Å². The van der Waals surface area contributed by atoms with Crippen molar-refractivity contribution in [2.45, 2.75) is 9.79 Å². The van der Waals surface area contributed by atoms with Gasteiger partial charge >= 0.3 is 0 Å². The quantitative estimate of drug-likeness (QED) is 0.853. The summed E-state index contributed by atoms with van der Waals surface area (Å²) < 4.78 is 61.8. The van der Waals surface area contributed by atoms with Crippen molar-refractivity contribution >= 4 is 31.6 Å². The van der Waals surface area contributed by atoms with Crippen LogP contribution in [0.5, 0.6) is 11.5 Å². The van der Waals surface area contributed by atoms with Crippen LogP contribution in [0, 0.1) is 0 Å². The highest BCUT2D eigenvalue weighted by Gasteiger charge is 2.24. The summed E-state index contributed by atoms with van der Waals surface area (Å²) in [5.74, 6) is 0.491. The van der Waals surface area contributed by atoms with Gasteiger partial charge in [0.25, 0.3) is 10.0 Å². The number of sulfone groups is 1. The molecule has 25 heavy (non-hydrogen) atoms. The van der Waals surface area contributed by atoms with E-state index < -0.39 is 19.9 Å². The number of rotatable bonds is 5. The SMILES string of the molecule is COc1ccc(OC)c(S(=O)(=O)Nc2ccc3c(c2)S(=O)(=O)C=C3)c1. The molecule has 2 aromatic carbocycles. The number of sulfonamides is 1. The van der Waals surface area contributed by atoms with Crippen LogP contribution < -0.4 is 14.2 Å². The molecular weight excluding hydrogens is 366 g/mol. The van der Waals surface area contributed by atoms with Crippen LogP contribution in [0.15, 0.2) is 51.6 Å². The van der Waals surface area contributed by atoms with Gasteiger partial charge in [-0.2, -0.15) is 0 Å². The third-order valence-corrected chi connectivity index (χ3v) is 6.52. The lowest BCUT2D eigenvalue weighted by molar-refractivity contribution is 0.392. The van der Waals surface area contributed by atoms with Gasteiger partial charge in [0.05, 0.1) is 24.8 Å². The van der Waals surface area contributed by atoms with Crippen LogP contribution in [0.3, 0.4) is 0 Å². The van der Waals surface area contributed by atoms with Crippen molar-refractivity contribution in [3.8, 4) is 11.5 Å². The Morgan fingerprint density at radius 3 is 2.44 bits per heavy atom. The van der Waals surface area contributed by atoms with Crippen LogP contribution in [0.2, 0.25) is 0 Å². The van der Waals surface area contributed by atoms with Gasteiger partial charge in [0, 0.05) is 11.5 Å². The van der Waals surface area contributed by atoms with E-state index in [0.717, 1.165) is 5.41 Å². The first-order chi connectivity index (χ1) is 11.8. The van der Waals surface area contributed by atoms with E-state index in [4.69, 9.17) is 9.47 Å². The largest absolute Gasteiger partial charge is 0.497 e. The smallest absolute Gasteiger partial charge is 0.265 e. The van der Waals surface area contributed by atoms with Gasteiger partial charge in [-0.1, -0.05) is 6.07 Å². The second kappa shape index (κ2) is 6.08. The van der Waals surface area contributed by atoms with Crippen molar-refractivity contribution in [2.75, 3.05) is 18.9 Å². The molecule has 0 bridgehead atoms. The molecule has 0 aromatic heterocycles. The number of nitrogens with one attached hydrogen (secondary N) is 1. The van der Waals surface area contributed by atoms with Crippen molar-refractivity contribution < 1.29 is 26.3 Å². The first-order valence-electron chi connectivity index (χ1n) is 7.09. The van der Waals surface area contributed by atoms with Gasteiger partial charge in [0.2, 0.25) is 9.84 Å².